The molecule has 3 amide bonds. The van der Waals surface area contributed by atoms with E-state index in [0.717, 1.165) is 23.7 Å². The van der Waals surface area contributed by atoms with Crippen LogP contribution in [0.1, 0.15) is 4.88 Å². The highest BCUT2D eigenvalue weighted by Crippen LogP contribution is 2.22. The maximum absolute atomic E-state index is 11.8. The smallest absolute Gasteiger partial charge is 0.321 e. The molecule has 0 radical (unpaired) electrons. The fraction of sp³-hybridized carbons (Fsp3) is 0.176. The maximum Gasteiger partial charge on any atom is 0.321 e. The van der Waals surface area contributed by atoms with Gasteiger partial charge >= 0.3 is 6.03 Å². The molecule has 9 heteroatoms. The molecule has 0 atom stereocenters. The first-order valence-corrected chi connectivity index (χ1v) is 9.69. The maximum atomic E-state index is 11.8. The molecule has 0 aliphatic carbocycles. The van der Waals surface area contributed by atoms with Crippen LogP contribution in [0.4, 0.5) is 4.79 Å². The summed E-state index contributed by atoms with van der Waals surface area (Å²) in [6.45, 7) is 0.469. The molecule has 0 saturated heterocycles. The van der Waals surface area contributed by atoms with Crippen LogP contribution in [-0.2, 0) is 11.2 Å². The standard InChI is InChI=1S/C17H16N4O3S2/c22-14(19-16(23)18-9-8-13-7-4-10-25-13)11-26-17-21-20-15(24-17)12-5-2-1-3-6-12/h1-7,10H,8-9,11H2,(H2,18,19,22,23). The lowest BCUT2D eigenvalue weighted by atomic mass is 10.2. The van der Waals surface area contributed by atoms with Crippen molar-refractivity contribution < 1.29 is 14.0 Å². The van der Waals surface area contributed by atoms with Crippen molar-refractivity contribution in [2.45, 2.75) is 11.6 Å². The van der Waals surface area contributed by atoms with Gasteiger partial charge in [0.2, 0.25) is 11.8 Å². The van der Waals surface area contributed by atoms with Gasteiger partial charge in [-0.25, -0.2) is 4.79 Å². The summed E-state index contributed by atoms with van der Waals surface area (Å²) in [6, 6.07) is 12.8. The Labute approximate surface area is 158 Å². The quantitative estimate of drug-likeness (QED) is 0.604. The zero-order valence-corrected chi connectivity index (χ0v) is 15.3. The first-order chi connectivity index (χ1) is 12.7. The lowest BCUT2D eigenvalue weighted by Crippen LogP contribution is -2.41. The molecule has 0 aliphatic rings. The number of thioether (sulfide) groups is 1. The number of imide groups is 1. The predicted molar refractivity (Wildman–Crippen MR) is 100 cm³/mol. The molecule has 0 aliphatic heterocycles. The molecule has 3 aromatic rings. The van der Waals surface area contributed by atoms with Crippen LogP contribution in [0.2, 0.25) is 0 Å². The van der Waals surface area contributed by atoms with Gasteiger partial charge in [0, 0.05) is 17.0 Å². The molecule has 26 heavy (non-hydrogen) atoms. The molecule has 0 fully saturated rings. The second kappa shape index (κ2) is 9.16. The summed E-state index contributed by atoms with van der Waals surface area (Å²) in [7, 11) is 0. The van der Waals surface area contributed by atoms with E-state index in [2.05, 4.69) is 20.8 Å². The van der Waals surface area contributed by atoms with Crippen LogP contribution >= 0.6 is 23.1 Å². The molecule has 2 aromatic heterocycles. The molecule has 3 rings (SSSR count). The zero-order chi connectivity index (χ0) is 18.2. The largest absolute Gasteiger partial charge is 0.411 e. The molecular formula is C17H16N4O3S2. The fourth-order valence-electron chi connectivity index (χ4n) is 2.05. The van der Waals surface area contributed by atoms with Gasteiger partial charge in [-0.3, -0.25) is 10.1 Å². The summed E-state index contributed by atoms with van der Waals surface area (Å²) in [5.74, 6) is -0.0303. The summed E-state index contributed by atoms with van der Waals surface area (Å²) < 4.78 is 5.49. The summed E-state index contributed by atoms with van der Waals surface area (Å²) in [5.41, 5.74) is 0.807. The normalized spacial score (nSPS) is 10.5. The van der Waals surface area contributed by atoms with Crippen molar-refractivity contribution in [3.8, 4) is 11.5 Å². The minimum absolute atomic E-state index is 0.00870. The van der Waals surface area contributed by atoms with Crippen molar-refractivity contribution in [2.24, 2.45) is 0 Å². The minimum Gasteiger partial charge on any atom is -0.411 e. The van der Waals surface area contributed by atoms with Crippen LogP contribution in [0.3, 0.4) is 0 Å². The van der Waals surface area contributed by atoms with Gasteiger partial charge in [-0.15, -0.1) is 21.5 Å². The summed E-state index contributed by atoms with van der Waals surface area (Å²) in [6.07, 6.45) is 0.734. The molecular weight excluding hydrogens is 372 g/mol. The highest BCUT2D eigenvalue weighted by atomic mass is 32.2. The Balaban J connectivity index is 1.38. The minimum atomic E-state index is -0.511. The Morgan fingerprint density at radius 2 is 1.96 bits per heavy atom. The van der Waals surface area contributed by atoms with E-state index < -0.39 is 11.9 Å². The van der Waals surface area contributed by atoms with Crippen molar-refractivity contribution in [3.05, 3.63) is 52.7 Å². The van der Waals surface area contributed by atoms with E-state index in [1.54, 1.807) is 11.3 Å². The second-order valence-corrected chi connectivity index (χ2v) is 7.12. The number of hydrogen-bond donors (Lipinski definition) is 2. The first-order valence-electron chi connectivity index (χ1n) is 7.82. The van der Waals surface area contributed by atoms with Gasteiger partial charge in [0.25, 0.3) is 5.22 Å². The van der Waals surface area contributed by atoms with E-state index >= 15 is 0 Å². The van der Waals surface area contributed by atoms with Crippen LogP contribution in [0, 0.1) is 0 Å². The van der Waals surface area contributed by atoms with Crippen LogP contribution in [-0.4, -0.2) is 34.4 Å². The number of benzene rings is 1. The zero-order valence-electron chi connectivity index (χ0n) is 13.7. The molecule has 2 heterocycles. The van der Waals surface area contributed by atoms with E-state index in [1.807, 2.05) is 47.8 Å². The third kappa shape index (κ3) is 5.43. The van der Waals surface area contributed by atoms with Gasteiger partial charge in [0.05, 0.1) is 5.75 Å². The number of aromatic nitrogens is 2. The van der Waals surface area contributed by atoms with Gasteiger partial charge in [-0.05, 0) is 30.0 Å². The number of rotatable bonds is 7. The van der Waals surface area contributed by atoms with Gasteiger partial charge in [0.15, 0.2) is 0 Å². The van der Waals surface area contributed by atoms with Crippen LogP contribution in [0.25, 0.3) is 11.5 Å². The van der Waals surface area contributed by atoms with E-state index in [9.17, 15) is 9.59 Å². The average molecular weight is 388 g/mol. The molecule has 1 aromatic carbocycles. The Hall–Kier alpha value is -2.65. The molecule has 7 nitrogen and oxygen atoms in total. The molecule has 0 spiro atoms. The van der Waals surface area contributed by atoms with Crippen molar-refractivity contribution in [1.29, 1.82) is 0 Å². The molecule has 134 valence electrons. The first kappa shape index (κ1) is 18.2. The summed E-state index contributed by atoms with van der Waals surface area (Å²) in [4.78, 5) is 24.7. The number of carbonyl (C=O) groups is 2. The monoisotopic (exact) mass is 388 g/mol. The van der Waals surface area contributed by atoms with E-state index in [4.69, 9.17) is 4.42 Å². The average Bonchev–Trinajstić information content (AvgIpc) is 3.33. The van der Waals surface area contributed by atoms with Gasteiger partial charge in [-0.2, -0.15) is 0 Å². The SMILES string of the molecule is O=C(CSc1nnc(-c2ccccc2)o1)NC(=O)NCCc1cccs1. The van der Waals surface area contributed by atoms with Crippen LogP contribution in [0.15, 0.2) is 57.5 Å². The molecule has 2 N–H and O–H groups in total. The predicted octanol–water partition coefficient (Wildman–Crippen LogP) is 2.96. The van der Waals surface area contributed by atoms with Crippen molar-refractivity contribution in [2.75, 3.05) is 12.3 Å². The van der Waals surface area contributed by atoms with E-state index in [0.29, 0.717) is 12.4 Å². The van der Waals surface area contributed by atoms with Crippen molar-refractivity contribution in [1.82, 2.24) is 20.8 Å². The molecule has 0 bridgehead atoms. The number of hydrogen-bond acceptors (Lipinski definition) is 7. The van der Waals surface area contributed by atoms with Gasteiger partial charge in [0.1, 0.15) is 0 Å². The topological polar surface area (TPSA) is 97.1 Å². The van der Waals surface area contributed by atoms with Crippen LogP contribution in [0.5, 0.6) is 0 Å². The molecule has 0 saturated carbocycles. The highest BCUT2D eigenvalue weighted by molar-refractivity contribution is 7.99. The number of nitrogens with one attached hydrogen (secondary N) is 2. The van der Waals surface area contributed by atoms with Gasteiger partial charge in [-0.1, -0.05) is 36.0 Å². The Morgan fingerprint density at radius 3 is 2.73 bits per heavy atom. The van der Waals surface area contributed by atoms with Gasteiger partial charge < -0.3 is 9.73 Å². The third-order valence-corrected chi connectivity index (χ3v) is 5.00. The summed E-state index contributed by atoms with van der Waals surface area (Å²) in [5, 5.41) is 15.0. The van der Waals surface area contributed by atoms with Crippen LogP contribution < -0.4 is 10.6 Å². The Morgan fingerprint density at radius 1 is 1.12 bits per heavy atom. The Bertz CT molecular complexity index is 850. The summed E-state index contributed by atoms with van der Waals surface area (Å²) >= 11 is 2.71. The second-order valence-electron chi connectivity index (χ2n) is 5.16. The number of thiophene rings is 1. The fourth-order valence-corrected chi connectivity index (χ4v) is 3.33. The lowest BCUT2D eigenvalue weighted by Gasteiger charge is -2.05. The number of urea groups is 1. The van der Waals surface area contributed by atoms with E-state index in [-0.39, 0.29) is 11.0 Å². The lowest BCUT2D eigenvalue weighted by molar-refractivity contribution is -0.117. The number of nitrogens with zero attached hydrogens (tertiary/aromatic N) is 2. The van der Waals surface area contributed by atoms with E-state index in [1.165, 1.54) is 4.88 Å². The highest BCUT2D eigenvalue weighted by Gasteiger charge is 2.12. The third-order valence-electron chi connectivity index (χ3n) is 3.24. The number of carbonyl (C=O) groups excluding carboxylic acids is 2. The van der Waals surface area contributed by atoms with Crippen molar-refractivity contribution >= 4 is 35.0 Å². The number of amides is 3. The van der Waals surface area contributed by atoms with Crippen molar-refractivity contribution in [3.63, 3.8) is 0 Å². The Kier molecular flexibility index (Phi) is 6.39. The molecule has 0 unspecified atom stereocenters.